The first-order valence-electron chi connectivity index (χ1n) is 12.9. The maximum absolute atomic E-state index is 13.6. The molecule has 0 radical (unpaired) electrons. The van der Waals surface area contributed by atoms with Gasteiger partial charge in [0.05, 0.1) is 35.9 Å². The van der Waals surface area contributed by atoms with Crippen LogP contribution in [0, 0.1) is 6.92 Å². The Kier molecular flexibility index (Phi) is 7.89. The fraction of sp³-hybridized carbons (Fsp3) is 0.429. The summed E-state index contributed by atoms with van der Waals surface area (Å²) in [5, 5.41) is 3.30. The standard InChI is InChI=1S/C28H34N4O6/c1-6-25(33)29-21-16-24(38-7-2)23(37-5)15-19(21)26(34)31-12-10-18(11-13-31)32-27(35)20-14-17(3)8-9-22(20)30(4)28(32)36/h8-9,14-16,18H,6-7,10-13H2,1-5H3,(H,29,33). The summed E-state index contributed by atoms with van der Waals surface area (Å²) in [6, 6.07) is 8.33. The fourth-order valence-electron chi connectivity index (χ4n) is 4.92. The molecule has 0 saturated carbocycles. The van der Waals surface area contributed by atoms with Crippen molar-refractivity contribution in [2.24, 2.45) is 7.05 Å². The maximum atomic E-state index is 13.6. The number of carbonyl (C=O) groups is 2. The lowest BCUT2D eigenvalue weighted by molar-refractivity contribution is -0.115. The first-order chi connectivity index (χ1) is 18.2. The van der Waals surface area contributed by atoms with Gasteiger partial charge < -0.3 is 19.7 Å². The second kappa shape index (κ2) is 11.1. The molecule has 4 rings (SSSR count). The van der Waals surface area contributed by atoms with Crippen molar-refractivity contribution < 1.29 is 19.1 Å². The van der Waals surface area contributed by atoms with E-state index in [1.165, 1.54) is 16.2 Å². The number of hydrogen-bond acceptors (Lipinski definition) is 6. The average Bonchev–Trinajstić information content (AvgIpc) is 2.92. The largest absolute Gasteiger partial charge is 0.493 e. The summed E-state index contributed by atoms with van der Waals surface area (Å²) in [4.78, 5) is 53.9. The average molecular weight is 523 g/mol. The number of amides is 2. The van der Waals surface area contributed by atoms with E-state index in [0.29, 0.717) is 66.2 Å². The molecule has 2 heterocycles. The van der Waals surface area contributed by atoms with E-state index in [9.17, 15) is 19.2 Å². The normalized spacial score (nSPS) is 14.0. The first kappa shape index (κ1) is 27.0. The zero-order valence-electron chi connectivity index (χ0n) is 22.5. The van der Waals surface area contributed by atoms with Crippen LogP contribution in [0.15, 0.2) is 39.9 Å². The van der Waals surface area contributed by atoms with Gasteiger partial charge in [-0.2, -0.15) is 0 Å². The Bertz CT molecular complexity index is 1500. The van der Waals surface area contributed by atoms with Gasteiger partial charge in [0.2, 0.25) is 5.91 Å². The monoisotopic (exact) mass is 522 g/mol. The molecule has 3 aromatic rings. The third kappa shape index (κ3) is 5.03. The van der Waals surface area contributed by atoms with Crippen molar-refractivity contribution in [3.63, 3.8) is 0 Å². The number of nitrogens with zero attached hydrogens (tertiary/aromatic N) is 3. The van der Waals surface area contributed by atoms with Gasteiger partial charge in [-0.25, -0.2) is 4.79 Å². The highest BCUT2D eigenvalue weighted by Gasteiger charge is 2.29. The number of likely N-dealkylation sites (tertiary alicyclic amines) is 1. The highest BCUT2D eigenvalue weighted by Crippen LogP contribution is 2.35. The van der Waals surface area contributed by atoms with Crippen molar-refractivity contribution in [3.05, 3.63) is 62.3 Å². The molecule has 1 aromatic heterocycles. The van der Waals surface area contributed by atoms with Crippen molar-refractivity contribution in [1.82, 2.24) is 14.0 Å². The molecule has 1 aliphatic rings. The second-order valence-corrected chi connectivity index (χ2v) is 9.44. The lowest BCUT2D eigenvalue weighted by Gasteiger charge is -2.33. The van der Waals surface area contributed by atoms with Gasteiger partial charge in [0.15, 0.2) is 11.5 Å². The van der Waals surface area contributed by atoms with E-state index in [0.717, 1.165) is 5.56 Å². The van der Waals surface area contributed by atoms with E-state index < -0.39 is 0 Å². The van der Waals surface area contributed by atoms with Crippen molar-refractivity contribution in [2.75, 3.05) is 32.1 Å². The van der Waals surface area contributed by atoms with Crippen LogP contribution < -0.4 is 26.0 Å². The molecule has 0 bridgehead atoms. The molecule has 202 valence electrons. The highest BCUT2D eigenvalue weighted by atomic mass is 16.5. The van der Waals surface area contributed by atoms with Crippen molar-refractivity contribution in [2.45, 2.75) is 46.1 Å². The number of hydrogen-bond donors (Lipinski definition) is 1. The lowest BCUT2D eigenvalue weighted by atomic mass is 10.0. The van der Waals surface area contributed by atoms with Crippen LogP contribution in [0.4, 0.5) is 5.69 Å². The Morgan fingerprint density at radius 3 is 2.39 bits per heavy atom. The Balaban J connectivity index is 1.62. The Morgan fingerprint density at radius 2 is 1.76 bits per heavy atom. The molecule has 0 atom stereocenters. The molecule has 1 fully saturated rings. The highest BCUT2D eigenvalue weighted by molar-refractivity contribution is 6.04. The maximum Gasteiger partial charge on any atom is 0.331 e. The summed E-state index contributed by atoms with van der Waals surface area (Å²) in [7, 11) is 3.16. The van der Waals surface area contributed by atoms with Crippen LogP contribution in [0.3, 0.4) is 0 Å². The molecule has 1 aliphatic heterocycles. The van der Waals surface area contributed by atoms with E-state index in [-0.39, 0.29) is 35.5 Å². The number of piperidine rings is 1. The number of fused-ring (bicyclic) bond motifs is 1. The third-order valence-electron chi connectivity index (χ3n) is 7.00. The van der Waals surface area contributed by atoms with Crippen LogP contribution in [-0.2, 0) is 11.8 Å². The summed E-state index contributed by atoms with van der Waals surface area (Å²) in [6.07, 6.45) is 1.15. The van der Waals surface area contributed by atoms with Crippen LogP contribution in [0.1, 0.15) is 55.1 Å². The first-order valence-corrected chi connectivity index (χ1v) is 12.9. The van der Waals surface area contributed by atoms with Crippen molar-refractivity contribution >= 4 is 28.4 Å². The number of benzene rings is 2. The quantitative estimate of drug-likeness (QED) is 0.510. The zero-order valence-corrected chi connectivity index (χ0v) is 22.5. The number of rotatable bonds is 7. The summed E-state index contributed by atoms with van der Waals surface area (Å²) >= 11 is 0. The van der Waals surface area contributed by atoms with Gasteiger partial charge in [0.25, 0.3) is 11.5 Å². The molecule has 0 spiro atoms. The Morgan fingerprint density at radius 1 is 1.05 bits per heavy atom. The van der Waals surface area contributed by atoms with Gasteiger partial charge >= 0.3 is 5.69 Å². The predicted octanol–water partition coefficient (Wildman–Crippen LogP) is 3.24. The van der Waals surface area contributed by atoms with Gasteiger partial charge in [-0.1, -0.05) is 18.6 Å². The van der Waals surface area contributed by atoms with Crippen LogP contribution >= 0.6 is 0 Å². The minimum absolute atomic E-state index is 0.230. The van der Waals surface area contributed by atoms with Gasteiger partial charge in [-0.15, -0.1) is 0 Å². The molecule has 38 heavy (non-hydrogen) atoms. The van der Waals surface area contributed by atoms with E-state index in [2.05, 4.69) is 5.32 Å². The molecule has 2 aromatic carbocycles. The summed E-state index contributed by atoms with van der Waals surface area (Å²) in [5.74, 6) is 0.317. The van der Waals surface area contributed by atoms with Gasteiger partial charge in [-0.3, -0.25) is 23.5 Å². The third-order valence-corrected chi connectivity index (χ3v) is 7.00. The number of anilines is 1. The van der Waals surface area contributed by atoms with E-state index in [1.54, 1.807) is 43.1 Å². The smallest absolute Gasteiger partial charge is 0.331 e. The molecule has 0 unspecified atom stereocenters. The van der Waals surface area contributed by atoms with E-state index >= 15 is 0 Å². The van der Waals surface area contributed by atoms with E-state index in [4.69, 9.17) is 9.47 Å². The fourth-order valence-corrected chi connectivity index (χ4v) is 4.92. The molecule has 0 aliphatic carbocycles. The second-order valence-electron chi connectivity index (χ2n) is 9.44. The van der Waals surface area contributed by atoms with Crippen LogP contribution in [0.25, 0.3) is 10.9 Å². The van der Waals surface area contributed by atoms with Gasteiger partial charge in [0, 0.05) is 38.7 Å². The zero-order chi connectivity index (χ0) is 27.6. The van der Waals surface area contributed by atoms with E-state index in [1.807, 2.05) is 19.9 Å². The summed E-state index contributed by atoms with van der Waals surface area (Å²) in [6.45, 7) is 6.57. The molecular formula is C28H34N4O6. The number of methoxy groups -OCH3 is 1. The number of nitrogens with one attached hydrogen (secondary N) is 1. The molecular weight excluding hydrogens is 488 g/mol. The van der Waals surface area contributed by atoms with Crippen LogP contribution in [-0.4, -0.2) is 52.7 Å². The van der Waals surface area contributed by atoms with Crippen molar-refractivity contribution in [1.29, 1.82) is 0 Å². The SMILES string of the molecule is CCOc1cc(NC(=O)CC)c(C(=O)N2CCC(n3c(=O)c4cc(C)ccc4n(C)c3=O)CC2)cc1OC. The number of aromatic nitrogens is 2. The minimum atomic E-state index is -0.364. The number of ether oxygens (including phenoxy) is 2. The minimum Gasteiger partial charge on any atom is -0.493 e. The Labute approximate surface area is 220 Å². The predicted molar refractivity (Wildman–Crippen MR) is 145 cm³/mol. The number of carbonyl (C=O) groups excluding carboxylic acids is 2. The Hall–Kier alpha value is -4.08. The molecule has 1 N–H and O–H groups in total. The number of aryl methyl sites for hydroxylation is 2. The summed E-state index contributed by atoms with van der Waals surface area (Å²) < 4.78 is 13.9. The topological polar surface area (TPSA) is 112 Å². The molecule has 2 amide bonds. The summed E-state index contributed by atoms with van der Waals surface area (Å²) in [5.41, 5.74) is 1.51. The van der Waals surface area contributed by atoms with Gasteiger partial charge in [-0.05, 0) is 44.9 Å². The lowest BCUT2D eigenvalue weighted by Crippen LogP contribution is -2.46. The molecule has 10 nitrogen and oxygen atoms in total. The van der Waals surface area contributed by atoms with Crippen LogP contribution in [0.2, 0.25) is 0 Å². The molecule has 1 saturated heterocycles. The van der Waals surface area contributed by atoms with Crippen molar-refractivity contribution in [3.8, 4) is 11.5 Å². The molecule has 10 heteroatoms. The van der Waals surface area contributed by atoms with Crippen LogP contribution in [0.5, 0.6) is 11.5 Å². The van der Waals surface area contributed by atoms with Gasteiger partial charge in [0.1, 0.15) is 0 Å².